The van der Waals surface area contributed by atoms with E-state index in [0.717, 1.165) is 26.2 Å². The maximum atomic E-state index is 11.9. The minimum Gasteiger partial charge on any atom is -0.340 e. The first-order valence-corrected chi connectivity index (χ1v) is 6.47. The molecule has 2 aliphatic heterocycles. The van der Waals surface area contributed by atoms with Crippen molar-refractivity contribution in [3.8, 4) is 0 Å². The highest BCUT2D eigenvalue weighted by Crippen LogP contribution is 2.21. The Hall–Kier alpha value is -0.610. The predicted octanol–water partition coefficient (Wildman–Crippen LogP) is 0.293. The first-order valence-electron chi connectivity index (χ1n) is 6.47. The molecule has 0 radical (unpaired) electrons. The fourth-order valence-electron chi connectivity index (χ4n) is 2.77. The molecule has 2 rings (SSSR count). The lowest BCUT2D eigenvalue weighted by molar-refractivity contribution is -0.134. The van der Waals surface area contributed by atoms with Crippen molar-refractivity contribution in [2.24, 2.45) is 0 Å². The number of hydrogen-bond acceptors (Lipinski definition) is 3. The standard InChI is InChI=1S/C12H23N3O/c1-13-6-5-12(16)15-9-8-14-7-3-2-4-11(14)10-15/h11,13H,2-10H2,1H3. The van der Waals surface area contributed by atoms with Gasteiger partial charge in [-0.15, -0.1) is 0 Å². The van der Waals surface area contributed by atoms with Crippen LogP contribution in [0.15, 0.2) is 0 Å². The molecular formula is C12H23N3O. The van der Waals surface area contributed by atoms with Gasteiger partial charge in [-0.2, -0.15) is 0 Å². The summed E-state index contributed by atoms with van der Waals surface area (Å²) in [5.41, 5.74) is 0. The Morgan fingerprint density at radius 1 is 1.31 bits per heavy atom. The molecule has 2 fully saturated rings. The number of hydrogen-bond donors (Lipinski definition) is 1. The van der Waals surface area contributed by atoms with Gasteiger partial charge >= 0.3 is 0 Å². The van der Waals surface area contributed by atoms with Gasteiger partial charge in [0.2, 0.25) is 5.91 Å². The summed E-state index contributed by atoms with van der Waals surface area (Å²) in [4.78, 5) is 16.5. The topological polar surface area (TPSA) is 35.6 Å². The SMILES string of the molecule is CNCCC(=O)N1CCN2CCCCC2C1. The van der Waals surface area contributed by atoms with Crippen molar-refractivity contribution in [2.45, 2.75) is 31.7 Å². The highest BCUT2D eigenvalue weighted by molar-refractivity contribution is 5.76. The molecule has 0 aliphatic carbocycles. The lowest BCUT2D eigenvalue weighted by Crippen LogP contribution is -2.56. The van der Waals surface area contributed by atoms with Crippen molar-refractivity contribution in [1.82, 2.24) is 15.1 Å². The molecule has 2 aliphatic rings. The Bertz CT molecular complexity index is 244. The van der Waals surface area contributed by atoms with E-state index in [2.05, 4.69) is 15.1 Å². The smallest absolute Gasteiger partial charge is 0.223 e. The van der Waals surface area contributed by atoms with Crippen LogP contribution in [0.2, 0.25) is 0 Å². The van der Waals surface area contributed by atoms with Gasteiger partial charge in [0.1, 0.15) is 0 Å². The molecule has 0 saturated carbocycles. The van der Waals surface area contributed by atoms with Crippen molar-refractivity contribution in [1.29, 1.82) is 0 Å². The molecule has 92 valence electrons. The van der Waals surface area contributed by atoms with Crippen LogP contribution in [0.5, 0.6) is 0 Å². The Morgan fingerprint density at radius 2 is 2.19 bits per heavy atom. The summed E-state index contributed by atoms with van der Waals surface area (Å²) in [5.74, 6) is 0.319. The number of piperazine rings is 1. The van der Waals surface area contributed by atoms with E-state index in [4.69, 9.17) is 0 Å². The highest BCUT2D eigenvalue weighted by Gasteiger charge is 2.30. The summed E-state index contributed by atoms with van der Waals surface area (Å²) in [6.45, 7) is 5.00. The van der Waals surface area contributed by atoms with Crippen LogP contribution in [0.4, 0.5) is 0 Å². The molecule has 0 aromatic carbocycles. The Labute approximate surface area is 98.0 Å². The van der Waals surface area contributed by atoms with Crippen LogP contribution in [-0.2, 0) is 4.79 Å². The number of rotatable bonds is 3. The second-order valence-electron chi connectivity index (χ2n) is 4.88. The predicted molar refractivity (Wildman–Crippen MR) is 64.3 cm³/mol. The zero-order valence-electron chi connectivity index (χ0n) is 10.2. The van der Waals surface area contributed by atoms with E-state index < -0.39 is 0 Å². The van der Waals surface area contributed by atoms with E-state index in [-0.39, 0.29) is 0 Å². The average Bonchev–Trinajstić information content (AvgIpc) is 2.35. The molecule has 1 amide bonds. The molecule has 0 aromatic heterocycles. The Morgan fingerprint density at radius 3 is 3.00 bits per heavy atom. The quantitative estimate of drug-likeness (QED) is 0.750. The lowest BCUT2D eigenvalue weighted by atomic mass is 9.99. The van der Waals surface area contributed by atoms with E-state index in [1.165, 1.54) is 25.8 Å². The zero-order chi connectivity index (χ0) is 11.4. The zero-order valence-corrected chi connectivity index (χ0v) is 10.2. The number of amides is 1. The number of carbonyl (C=O) groups is 1. The van der Waals surface area contributed by atoms with E-state index in [1.807, 2.05) is 7.05 Å². The van der Waals surface area contributed by atoms with Gasteiger partial charge in [0.25, 0.3) is 0 Å². The summed E-state index contributed by atoms with van der Waals surface area (Å²) >= 11 is 0. The molecular weight excluding hydrogens is 202 g/mol. The molecule has 4 nitrogen and oxygen atoms in total. The fourth-order valence-corrected chi connectivity index (χ4v) is 2.77. The second-order valence-corrected chi connectivity index (χ2v) is 4.88. The van der Waals surface area contributed by atoms with E-state index in [0.29, 0.717) is 18.4 Å². The summed E-state index contributed by atoms with van der Waals surface area (Å²) in [5, 5.41) is 3.04. The number of fused-ring (bicyclic) bond motifs is 1. The monoisotopic (exact) mass is 225 g/mol. The molecule has 0 aromatic rings. The third-order valence-electron chi connectivity index (χ3n) is 3.78. The Kier molecular flexibility index (Phi) is 4.18. The molecule has 2 saturated heterocycles. The average molecular weight is 225 g/mol. The normalized spacial score (nSPS) is 26.6. The maximum absolute atomic E-state index is 11.9. The van der Waals surface area contributed by atoms with Crippen LogP contribution in [0.25, 0.3) is 0 Å². The van der Waals surface area contributed by atoms with Crippen LogP contribution in [0.3, 0.4) is 0 Å². The number of nitrogens with zero attached hydrogens (tertiary/aromatic N) is 2. The van der Waals surface area contributed by atoms with E-state index in [1.54, 1.807) is 0 Å². The fraction of sp³-hybridized carbons (Fsp3) is 0.917. The van der Waals surface area contributed by atoms with Crippen LogP contribution in [0, 0.1) is 0 Å². The summed E-state index contributed by atoms with van der Waals surface area (Å²) in [6.07, 6.45) is 4.59. The number of carbonyl (C=O) groups excluding carboxylic acids is 1. The van der Waals surface area contributed by atoms with Crippen LogP contribution in [-0.4, -0.2) is 61.5 Å². The van der Waals surface area contributed by atoms with Gasteiger partial charge in [0.15, 0.2) is 0 Å². The van der Waals surface area contributed by atoms with Crippen LogP contribution in [0.1, 0.15) is 25.7 Å². The lowest BCUT2D eigenvalue weighted by Gasteiger charge is -2.44. The maximum Gasteiger partial charge on any atom is 0.223 e. The number of piperidine rings is 1. The molecule has 0 bridgehead atoms. The first kappa shape index (κ1) is 11.9. The minimum absolute atomic E-state index is 0.319. The molecule has 1 N–H and O–H groups in total. The van der Waals surface area contributed by atoms with Crippen molar-refractivity contribution < 1.29 is 4.79 Å². The van der Waals surface area contributed by atoms with Gasteiger partial charge in [-0.3, -0.25) is 9.69 Å². The molecule has 1 atom stereocenters. The van der Waals surface area contributed by atoms with Crippen LogP contribution < -0.4 is 5.32 Å². The van der Waals surface area contributed by atoms with Crippen molar-refractivity contribution in [3.63, 3.8) is 0 Å². The summed E-state index contributed by atoms with van der Waals surface area (Å²) < 4.78 is 0. The van der Waals surface area contributed by atoms with Crippen LogP contribution >= 0.6 is 0 Å². The summed E-state index contributed by atoms with van der Waals surface area (Å²) in [6, 6.07) is 0.640. The van der Waals surface area contributed by atoms with Gasteiger partial charge < -0.3 is 10.2 Å². The third kappa shape index (κ3) is 2.74. The van der Waals surface area contributed by atoms with E-state index >= 15 is 0 Å². The minimum atomic E-state index is 0.319. The molecule has 16 heavy (non-hydrogen) atoms. The summed E-state index contributed by atoms with van der Waals surface area (Å²) in [7, 11) is 1.90. The molecule has 4 heteroatoms. The Balaban J connectivity index is 1.82. The van der Waals surface area contributed by atoms with Gasteiger partial charge in [-0.05, 0) is 26.4 Å². The highest BCUT2D eigenvalue weighted by atomic mass is 16.2. The van der Waals surface area contributed by atoms with Gasteiger partial charge in [0, 0.05) is 38.6 Å². The van der Waals surface area contributed by atoms with Crippen molar-refractivity contribution >= 4 is 5.91 Å². The molecule has 0 spiro atoms. The largest absolute Gasteiger partial charge is 0.340 e. The van der Waals surface area contributed by atoms with E-state index in [9.17, 15) is 4.79 Å². The molecule has 2 heterocycles. The molecule has 1 unspecified atom stereocenters. The van der Waals surface area contributed by atoms with Crippen molar-refractivity contribution in [3.05, 3.63) is 0 Å². The number of nitrogens with one attached hydrogen (secondary N) is 1. The third-order valence-corrected chi connectivity index (χ3v) is 3.78. The second kappa shape index (κ2) is 5.64. The first-order chi connectivity index (χ1) is 7.81. The van der Waals surface area contributed by atoms with Crippen molar-refractivity contribution in [2.75, 3.05) is 39.8 Å². The van der Waals surface area contributed by atoms with Gasteiger partial charge in [-0.1, -0.05) is 6.42 Å². The van der Waals surface area contributed by atoms with Gasteiger partial charge in [0.05, 0.1) is 0 Å². The van der Waals surface area contributed by atoms with Gasteiger partial charge in [-0.25, -0.2) is 0 Å².